The number of carbonyl (C=O) groups is 1. The van der Waals surface area contributed by atoms with E-state index in [1.54, 1.807) is 24.1 Å². The van der Waals surface area contributed by atoms with Gasteiger partial charge in [-0.3, -0.25) is 9.69 Å². The van der Waals surface area contributed by atoms with Crippen LogP contribution in [-0.2, 0) is 14.4 Å². The van der Waals surface area contributed by atoms with Crippen LogP contribution < -0.4 is 4.74 Å². The second-order valence-corrected chi connectivity index (χ2v) is 11.1. The number of halogens is 5. The Bertz CT molecular complexity index is 1410. The normalized spacial score (nSPS) is 18.9. The van der Waals surface area contributed by atoms with E-state index in [0.717, 1.165) is 5.01 Å². The number of hydrogen-bond acceptors (Lipinski definition) is 9. The molecule has 1 fully saturated rings. The van der Waals surface area contributed by atoms with E-state index in [1.165, 1.54) is 11.3 Å². The molecule has 2 aliphatic rings. The van der Waals surface area contributed by atoms with Gasteiger partial charge in [0.25, 0.3) is 12.9 Å². The molecule has 0 N–H and O–H groups in total. The number of piperidine rings is 1. The molecule has 3 aromatic rings. The zero-order valence-electron chi connectivity index (χ0n) is 22.5. The average Bonchev–Trinajstić information content (AvgIpc) is 3.74. The number of ether oxygens (including phenoxy) is 2. The maximum atomic E-state index is 13.5. The van der Waals surface area contributed by atoms with Gasteiger partial charge in [-0.25, -0.2) is 27.2 Å². The summed E-state index contributed by atoms with van der Waals surface area (Å²) in [6, 6.07) is 6.03. The van der Waals surface area contributed by atoms with E-state index in [-0.39, 0.29) is 5.92 Å². The minimum absolute atomic E-state index is 0.0687. The molecule has 0 saturated carbocycles. The molecule has 1 aromatic carbocycles. The molecule has 9 nitrogen and oxygen atoms in total. The molecule has 42 heavy (non-hydrogen) atoms. The molecule has 0 spiro atoms. The van der Waals surface area contributed by atoms with Gasteiger partial charge in [0, 0.05) is 37.9 Å². The Kier molecular flexibility index (Phi) is 9.76. The number of benzene rings is 1. The number of oxime groups is 1. The average molecular weight is 630 g/mol. The topological polar surface area (TPSA) is 91.1 Å². The standard InChI is InChI=1S/C27H28ClF4N5O4S/c1-39-9-10-40-21-4-2-3-16(28)24(21)22-12-17(35-41-22)19-14-42-27(33-19)15-5-7-36(8-6-15)23(13-38)37-20(26(31)32)11-18(34-37)25(29)30/h2-4,11,13-15,22-23,25-26H,5-10,12H2,1H3. The first-order chi connectivity index (χ1) is 20.3. The predicted octanol–water partition coefficient (Wildman–Crippen LogP) is 6.34. The molecule has 2 aliphatic heterocycles. The highest BCUT2D eigenvalue weighted by Crippen LogP contribution is 2.40. The fourth-order valence-corrected chi connectivity index (χ4v) is 6.39. The first-order valence-electron chi connectivity index (χ1n) is 13.2. The number of nitrogens with zero attached hydrogens (tertiary/aromatic N) is 5. The third-order valence-electron chi connectivity index (χ3n) is 7.22. The quantitative estimate of drug-likeness (QED) is 0.131. The van der Waals surface area contributed by atoms with Crippen molar-refractivity contribution in [3.8, 4) is 5.75 Å². The number of rotatable bonds is 12. The summed E-state index contributed by atoms with van der Waals surface area (Å²) in [7, 11) is 1.59. The molecule has 2 atom stereocenters. The van der Waals surface area contributed by atoms with Crippen LogP contribution in [0.15, 0.2) is 34.8 Å². The fraction of sp³-hybridized carbons (Fsp3) is 0.481. The van der Waals surface area contributed by atoms with Crippen molar-refractivity contribution in [3.63, 3.8) is 0 Å². The monoisotopic (exact) mass is 629 g/mol. The number of alkyl halides is 4. The zero-order chi connectivity index (χ0) is 29.8. The minimum atomic E-state index is -3.05. The fourth-order valence-electron chi connectivity index (χ4n) is 5.10. The Hall–Kier alpha value is -3.07. The second kappa shape index (κ2) is 13.5. The Balaban J connectivity index is 1.22. The van der Waals surface area contributed by atoms with Gasteiger partial charge in [0.15, 0.2) is 18.6 Å². The van der Waals surface area contributed by atoms with E-state index in [4.69, 9.17) is 30.9 Å². The van der Waals surface area contributed by atoms with E-state index in [1.807, 2.05) is 11.4 Å². The van der Waals surface area contributed by atoms with Crippen molar-refractivity contribution in [1.82, 2.24) is 19.7 Å². The van der Waals surface area contributed by atoms with Crippen molar-refractivity contribution in [2.24, 2.45) is 5.16 Å². The van der Waals surface area contributed by atoms with E-state index in [0.29, 0.717) is 90.3 Å². The van der Waals surface area contributed by atoms with Crippen molar-refractivity contribution in [2.45, 2.75) is 50.3 Å². The predicted molar refractivity (Wildman–Crippen MR) is 147 cm³/mol. The lowest BCUT2D eigenvalue weighted by Gasteiger charge is -2.35. The molecule has 0 radical (unpaired) electrons. The van der Waals surface area contributed by atoms with Crippen LogP contribution in [0.2, 0.25) is 5.02 Å². The van der Waals surface area contributed by atoms with Gasteiger partial charge in [-0.05, 0) is 31.0 Å². The Morgan fingerprint density at radius 2 is 1.98 bits per heavy atom. The van der Waals surface area contributed by atoms with Crippen molar-refractivity contribution in [3.05, 3.63) is 62.3 Å². The molecule has 0 aliphatic carbocycles. The SMILES string of the molecule is COCCOc1cccc(Cl)c1C1CC(c2csc(C3CCN(C(C=O)n4nc(C(F)F)cc4C(F)F)CC3)n2)=NO1. The summed E-state index contributed by atoms with van der Waals surface area (Å²) >= 11 is 7.97. The van der Waals surface area contributed by atoms with Crippen LogP contribution in [0.5, 0.6) is 5.75 Å². The molecule has 15 heteroatoms. The summed E-state index contributed by atoms with van der Waals surface area (Å²) in [5, 5.41) is 11.2. The molecule has 0 amide bonds. The number of hydrogen-bond donors (Lipinski definition) is 0. The highest BCUT2D eigenvalue weighted by molar-refractivity contribution is 7.10. The highest BCUT2D eigenvalue weighted by Gasteiger charge is 2.34. The van der Waals surface area contributed by atoms with Crippen LogP contribution in [0.4, 0.5) is 17.6 Å². The molecular weight excluding hydrogens is 602 g/mol. The number of thiazole rings is 1. The van der Waals surface area contributed by atoms with Crippen molar-refractivity contribution in [1.29, 1.82) is 0 Å². The number of aldehydes is 1. The van der Waals surface area contributed by atoms with Gasteiger partial charge in [-0.2, -0.15) is 5.10 Å². The van der Waals surface area contributed by atoms with Gasteiger partial charge >= 0.3 is 0 Å². The number of likely N-dealkylation sites (tertiary alicyclic amines) is 1. The first kappa shape index (κ1) is 30.4. The third-order valence-corrected chi connectivity index (χ3v) is 8.56. The lowest BCUT2D eigenvalue weighted by Crippen LogP contribution is -2.40. The summed E-state index contributed by atoms with van der Waals surface area (Å²) in [6.45, 7) is 1.54. The van der Waals surface area contributed by atoms with Crippen LogP contribution in [0.25, 0.3) is 0 Å². The Labute approximate surface area is 248 Å². The van der Waals surface area contributed by atoms with Crippen molar-refractivity contribution >= 4 is 34.9 Å². The van der Waals surface area contributed by atoms with E-state index in [9.17, 15) is 22.4 Å². The van der Waals surface area contributed by atoms with E-state index >= 15 is 0 Å². The molecule has 2 aromatic heterocycles. The van der Waals surface area contributed by atoms with Gasteiger partial charge in [-0.15, -0.1) is 11.3 Å². The lowest BCUT2D eigenvalue weighted by atomic mass is 9.97. The van der Waals surface area contributed by atoms with Crippen LogP contribution in [0.3, 0.4) is 0 Å². The third kappa shape index (κ3) is 6.46. The largest absolute Gasteiger partial charge is 0.491 e. The summed E-state index contributed by atoms with van der Waals surface area (Å²) in [6.07, 6.45) is -5.62. The van der Waals surface area contributed by atoms with Crippen molar-refractivity contribution in [2.75, 3.05) is 33.4 Å². The number of methoxy groups -OCH3 is 1. The summed E-state index contributed by atoms with van der Waals surface area (Å²) in [4.78, 5) is 24.1. The molecule has 1 saturated heterocycles. The van der Waals surface area contributed by atoms with Gasteiger partial charge in [0.05, 0.1) is 27.9 Å². The summed E-state index contributed by atoms with van der Waals surface area (Å²) in [5.41, 5.74) is 0.577. The lowest BCUT2D eigenvalue weighted by molar-refractivity contribution is -0.116. The van der Waals surface area contributed by atoms with Crippen molar-refractivity contribution < 1.29 is 36.7 Å². The minimum Gasteiger partial charge on any atom is -0.491 e. The maximum absolute atomic E-state index is 13.5. The maximum Gasteiger partial charge on any atom is 0.282 e. The summed E-state index contributed by atoms with van der Waals surface area (Å²) < 4.78 is 64.9. The second-order valence-electron chi connectivity index (χ2n) is 9.80. The zero-order valence-corrected chi connectivity index (χ0v) is 24.0. The molecular formula is C27H28ClF4N5O4S. The smallest absolute Gasteiger partial charge is 0.282 e. The van der Waals surface area contributed by atoms with Gasteiger partial charge in [-0.1, -0.05) is 22.8 Å². The molecule has 5 rings (SSSR count). The van der Waals surface area contributed by atoms with Crippen LogP contribution in [-0.4, -0.2) is 65.1 Å². The Morgan fingerprint density at radius 3 is 2.67 bits per heavy atom. The highest BCUT2D eigenvalue weighted by atomic mass is 35.5. The van der Waals surface area contributed by atoms with Crippen LogP contribution in [0, 0.1) is 0 Å². The summed E-state index contributed by atoms with van der Waals surface area (Å²) in [5.74, 6) is 0.667. The Morgan fingerprint density at radius 1 is 1.19 bits per heavy atom. The van der Waals surface area contributed by atoms with Crippen LogP contribution in [0.1, 0.15) is 78.0 Å². The number of aromatic nitrogens is 3. The van der Waals surface area contributed by atoms with Crippen LogP contribution >= 0.6 is 22.9 Å². The number of carbonyl (C=O) groups excluding carboxylic acids is 1. The first-order valence-corrected chi connectivity index (χ1v) is 14.5. The van der Waals surface area contributed by atoms with E-state index < -0.39 is 36.5 Å². The van der Waals surface area contributed by atoms with Gasteiger partial charge < -0.3 is 14.3 Å². The van der Waals surface area contributed by atoms with Gasteiger partial charge in [0.2, 0.25) is 0 Å². The molecule has 2 unspecified atom stereocenters. The molecule has 0 bridgehead atoms. The molecule has 4 heterocycles. The van der Waals surface area contributed by atoms with E-state index in [2.05, 4.69) is 10.3 Å². The molecule has 226 valence electrons. The van der Waals surface area contributed by atoms with Gasteiger partial charge in [0.1, 0.15) is 29.5 Å².